The van der Waals surface area contributed by atoms with Crippen molar-refractivity contribution in [3.63, 3.8) is 0 Å². The standard InChI is InChI=1S/C8H17NO2/c10-6-4-8(11)7-3-1-2-5-9-7/h7-11H,1-6H2/t7-,8+/m1/s1. The number of aliphatic hydroxyl groups is 2. The van der Waals surface area contributed by atoms with Crippen molar-refractivity contribution < 1.29 is 10.2 Å². The lowest BCUT2D eigenvalue weighted by Crippen LogP contribution is -2.43. The molecule has 0 aromatic rings. The first kappa shape index (κ1) is 8.97. The summed E-state index contributed by atoms with van der Waals surface area (Å²) in [4.78, 5) is 0. The smallest absolute Gasteiger partial charge is 0.0715 e. The van der Waals surface area contributed by atoms with Crippen molar-refractivity contribution in [2.45, 2.75) is 37.8 Å². The van der Waals surface area contributed by atoms with E-state index in [1.54, 1.807) is 0 Å². The summed E-state index contributed by atoms with van der Waals surface area (Å²) in [5.41, 5.74) is 0. The van der Waals surface area contributed by atoms with Gasteiger partial charge in [0.1, 0.15) is 0 Å². The SMILES string of the molecule is OCC[C@H](O)[C@H]1CCCCN1. The molecule has 66 valence electrons. The minimum Gasteiger partial charge on any atom is -0.396 e. The Bertz CT molecular complexity index is 102. The van der Waals surface area contributed by atoms with Gasteiger partial charge < -0.3 is 15.5 Å². The van der Waals surface area contributed by atoms with Gasteiger partial charge in [-0.25, -0.2) is 0 Å². The third kappa shape index (κ3) is 2.77. The van der Waals surface area contributed by atoms with Crippen LogP contribution in [0.1, 0.15) is 25.7 Å². The first-order valence-corrected chi connectivity index (χ1v) is 4.37. The van der Waals surface area contributed by atoms with E-state index in [-0.39, 0.29) is 18.8 Å². The lowest BCUT2D eigenvalue weighted by atomic mass is 9.98. The van der Waals surface area contributed by atoms with Crippen molar-refractivity contribution in [1.29, 1.82) is 0 Å². The van der Waals surface area contributed by atoms with E-state index in [1.165, 1.54) is 12.8 Å². The van der Waals surface area contributed by atoms with Crippen LogP contribution in [0.3, 0.4) is 0 Å². The van der Waals surface area contributed by atoms with Crippen molar-refractivity contribution in [1.82, 2.24) is 5.32 Å². The summed E-state index contributed by atoms with van der Waals surface area (Å²) in [5, 5.41) is 21.3. The highest BCUT2D eigenvalue weighted by Gasteiger charge is 2.19. The number of nitrogens with one attached hydrogen (secondary N) is 1. The fourth-order valence-electron chi connectivity index (χ4n) is 1.54. The molecule has 0 amide bonds. The molecule has 11 heavy (non-hydrogen) atoms. The third-order valence-corrected chi connectivity index (χ3v) is 2.24. The molecule has 1 aliphatic rings. The topological polar surface area (TPSA) is 52.5 Å². The van der Waals surface area contributed by atoms with Crippen molar-refractivity contribution in [3.8, 4) is 0 Å². The van der Waals surface area contributed by atoms with Crippen LogP contribution in [0.15, 0.2) is 0 Å². The molecule has 0 spiro atoms. The molecule has 0 aromatic heterocycles. The largest absolute Gasteiger partial charge is 0.396 e. The van der Waals surface area contributed by atoms with Crippen molar-refractivity contribution >= 4 is 0 Å². The van der Waals surface area contributed by atoms with E-state index in [4.69, 9.17) is 5.11 Å². The summed E-state index contributed by atoms with van der Waals surface area (Å²) in [5.74, 6) is 0. The molecule has 0 aliphatic carbocycles. The van der Waals surface area contributed by atoms with E-state index in [0.717, 1.165) is 13.0 Å². The zero-order chi connectivity index (χ0) is 8.10. The summed E-state index contributed by atoms with van der Waals surface area (Å²) in [7, 11) is 0. The lowest BCUT2D eigenvalue weighted by molar-refractivity contribution is 0.0849. The van der Waals surface area contributed by atoms with Crippen LogP contribution in [-0.2, 0) is 0 Å². The normalized spacial score (nSPS) is 28.4. The minimum absolute atomic E-state index is 0.0827. The van der Waals surface area contributed by atoms with Crippen LogP contribution in [0.2, 0.25) is 0 Å². The van der Waals surface area contributed by atoms with Gasteiger partial charge in [-0.15, -0.1) is 0 Å². The van der Waals surface area contributed by atoms with Gasteiger partial charge in [-0.3, -0.25) is 0 Å². The molecule has 0 aromatic carbocycles. The molecule has 3 N–H and O–H groups in total. The quantitative estimate of drug-likeness (QED) is 0.538. The minimum atomic E-state index is -0.361. The molecule has 3 nitrogen and oxygen atoms in total. The van der Waals surface area contributed by atoms with Gasteiger partial charge in [-0.1, -0.05) is 6.42 Å². The maximum Gasteiger partial charge on any atom is 0.0715 e. The molecule has 0 unspecified atom stereocenters. The molecule has 1 aliphatic heterocycles. The molecular formula is C8H17NO2. The molecule has 1 heterocycles. The van der Waals surface area contributed by atoms with Gasteiger partial charge >= 0.3 is 0 Å². The number of aliphatic hydroxyl groups excluding tert-OH is 2. The predicted molar refractivity (Wildman–Crippen MR) is 43.4 cm³/mol. The van der Waals surface area contributed by atoms with E-state index < -0.39 is 0 Å². The van der Waals surface area contributed by atoms with E-state index in [2.05, 4.69) is 5.32 Å². The molecule has 1 rings (SSSR count). The Morgan fingerprint density at radius 3 is 2.82 bits per heavy atom. The van der Waals surface area contributed by atoms with E-state index in [9.17, 15) is 5.11 Å². The van der Waals surface area contributed by atoms with Crippen LogP contribution in [0.5, 0.6) is 0 Å². The van der Waals surface area contributed by atoms with Gasteiger partial charge in [-0.05, 0) is 25.8 Å². The molecule has 0 saturated carbocycles. The van der Waals surface area contributed by atoms with Crippen LogP contribution >= 0.6 is 0 Å². The number of hydrogen-bond donors (Lipinski definition) is 3. The van der Waals surface area contributed by atoms with Crippen LogP contribution in [0.4, 0.5) is 0 Å². The number of rotatable bonds is 3. The Kier molecular flexibility index (Phi) is 3.83. The third-order valence-electron chi connectivity index (χ3n) is 2.24. The van der Waals surface area contributed by atoms with Crippen molar-refractivity contribution in [2.24, 2.45) is 0 Å². The molecule has 3 heteroatoms. The highest BCUT2D eigenvalue weighted by atomic mass is 16.3. The summed E-state index contributed by atoms with van der Waals surface area (Å²) < 4.78 is 0. The van der Waals surface area contributed by atoms with Crippen molar-refractivity contribution in [3.05, 3.63) is 0 Å². The van der Waals surface area contributed by atoms with Gasteiger partial charge in [0.15, 0.2) is 0 Å². The average molecular weight is 159 g/mol. The summed E-state index contributed by atoms with van der Waals surface area (Å²) in [6.45, 7) is 1.09. The second-order valence-corrected chi connectivity index (χ2v) is 3.14. The van der Waals surface area contributed by atoms with Crippen molar-refractivity contribution in [2.75, 3.05) is 13.2 Å². The van der Waals surface area contributed by atoms with Crippen LogP contribution in [0, 0.1) is 0 Å². The maximum atomic E-state index is 9.45. The van der Waals surface area contributed by atoms with E-state index in [0.29, 0.717) is 6.42 Å². The lowest BCUT2D eigenvalue weighted by Gasteiger charge is -2.27. The number of piperidine rings is 1. The number of hydrogen-bond acceptors (Lipinski definition) is 3. The molecule has 0 radical (unpaired) electrons. The van der Waals surface area contributed by atoms with E-state index >= 15 is 0 Å². The molecule has 0 bridgehead atoms. The first-order valence-electron chi connectivity index (χ1n) is 4.37. The maximum absolute atomic E-state index is 9.45. The second-order valence-electron chi connectivity index (χ2n) is 3.14. The highest BCUT2D eigenvalue weighted by Crippen LogP contribution is 2.11. The molecule has 1 fully saturated rings. The van der Waals surface area contributed by atoms with Gasteiger partial charge in [0.2, 0.25) is 0 Å². The van der Waals surface area contributed by atoms with Crippen LogP contribution in [0.25, 0.3) is 0 Å². The Morgan fingerprint density at radius 2 is 2.27 bits per heavy atom. The van der Waals surface area contributed by atoms with Gasteiger partial charge in [0.25, 0.3) is 0 Å². The summed E-state index contributed by atoms with van der Waals surface area (Å²) in [6.07, 6.45) is 3.58. The van der Waals surface area contributed by atoms with Crippen LogP contribution < -0.4 is 5.32 Å². The average Bonchev–Trinajstić information content (AvgIpc) is 2.07. The monoisotopic (exact) mass is 159 g/mol. The Balaban J connectivity index is 2.21. The zero-order valence-electron chi connectivity index (χ0n) is 6.79. The van der Waals surface area contributed by atoms with Gasteiger partial charge in [-0.2, -0.15) is 0 Å². The fourth-order valence-corrected chi connectivity index (χ4v) is 1.54. The first-order chi connectivity index (χ1) is 5.34. The highest BCUT2D eigenvalue weighted by molar-refractivity contribution is 4.78. The predicted octanol–water partition coefficient (Wildman–Crippen LogP) is -0.128. The van der Waals surface area contributed by atoms with Gasteiger partial charge in [0, 0.05) is 12.6 Å². The summed E-state index contributed by atoms with van der Waals surface area (Å²) >= 11 is 0. The molecular weight excluding hydrogens is 142 g/mol. The summed E-state index contributed by atoms with van der Waals surface area (Å²) in [6, 6.07) is 0.218. The van der Waals surface area contributed by atoms with Gasteiger partial charge in [0.05, 0.1) is 6.10 Å². The second kappa shape index (κ2) is 4.70. The Labute approximate surface area is 67.4 Å². The zero-order valence-corrected chi connectivity index (χ0v) is 6.79. The Hall–Kier alpha value is -0.120. The van der Waals surface area contributed by atoms with E-state index in [1.807, 2.05) is 0 Å². The fraction of sp³-hybridized carbons (Fsp3) is 1.00. The Morgan fingerprint density at radius 1 is 1.45 bits per heavy atom. The van der Waals surface area contributed by atoms with Crippen LogP contribution in [-0.4, -0.2) is 35.5 Å². The molecule has 1 saturated heterocycles. The molecule has 2 atom stereocenters.